The molecule has 0 spiro atoms. The van der Waals surface area contributed by atoms with Gasteiger partial charge in [-0.1, -0.05) is 11.2 Å². The highest BCUT2D eigenvalue weighted by atomic mass is 32.2. The van der Waals surface area contributed by atoms with Crippen LogP contribution >= 0.6 is 0 Å². The average Bonchev–Trinajstić information content (AvgIpc) is 3.39. The Morgan fingerprint density at radius 3 is 2.76 bits per heavy atom. The monoisotopic (exact) mass is 548 g/mol. The highest BCUT2D eigenvalue weighted by molar-refractivity contribution is 7.94. The maximum Gasteiger partial charge on any atom is 0.264 e. The van der Waals surface area contributed by atoms with Crippen LogP contribution in [-0.4, -0.2) is 51.0 Å². The number of ether oxygens (including phenoxy) is 1. The molecule has 2 aliphatic rings. The third-order valence-corrected chi connectivity index (χ3v) is 10.1. The van der Waals surface area contributed by atoms with Crippen LogP contribution in [0.4, 0.5) is 13.2 Å². The molecule has 3 aromatic rings. The van der Waals surface area contributed by atoms with Crippen molar-refractivity contribution in [3.05, 3.63) is 64.9 Å². The van der Waals surface area contributed by atoms with E-state index in [1.165, 1.54) is 25.3 Å². The molecule has 5 rings (SSSR count). The Balaban J connectivity index is 1.41. The van der Waals surface area contributed by atoms with Crippen molar-refractivity contribution in [2.45, 2.75) is 48.8 Å². The summed E-state index contributed by atoms with van der Waals surface area (Å²) in [6, 6.07) is 3.72. The Morgan fingerprint density at radius 1 is 1.32 bits per heavy atom. The van der Waals surface area contributed by atoms with E-state index < -0.39 is 43.7 Å². The number of nitrogens with two attached hydrogens (primary N) is 1. The van der Waals surface area contributed by atoms with Crippen LogP contribution in [0.25, 0.3) is 11.9 Å². The number of benzene rings is 1. The van der Waals surface area contributed by atoms with Gasteiger partial charge in [0.15, 0.2) is 32.8 Å². The lowest BCUT2D eigenvalue weighted by Gasteiger charge is -2.39. The molecular weight excluding hydrogens is 525 g/mol. The molecule has 1 saturated heterocycles. The maximum absolute atomic E-state index is 15.0. The Hall–Kier alpha value is -3.81. The molecule has 1 fully saturated rings. The lowest BCUT2D eigenvalue weighted by atomic mass is 9.86. The van der Waals surface area contributed by atoms with E-state index in [1.807, 2.05) is 0 Å². The molecule has 0 unspecified atom stereocenters. The van der Waals surface area contributed by atoms with Gasteiger partial charge in [-0.25, -0.2) is 31.6 Å². The molecule has 2 bridgehead atoms. The number of aromatic nitrogens is 4. The normalized spacial score (nSPS) is 26.3. The summed E-state index contributed by atoms with van der Waals surface area (Å²) in [6.45, 7) is 1.86. The van der Waals surface area contributed by atoms with Crippen LogP contribution in [0.5, 0.6) is 5.88 Å². The molecular formula is C24H23F3N6O4S. The van der Waals surface area contributed by atoms with E-state index in [-0.39, 0.29) is 53.9 Å². The van der Waals surface area contributed by atoms with Gasteiger partial charge < -0.3 is 15.0 Å². The smallest absolute Gasteiger partial charge is 0.264 e. The van der Waals surface area contributed by atoms with Gasteiger partial charge in [-0.3, -0.25) is 4.99 Å². The molecule has 10 nitrogen and oxygen atoms in total. The van der Waals surface area contributed by atoms with Crippen LogP contribution < -0.4 is 10.5 Å². The zero-order chi connectivity index (χ0) is 27.3. The minimum Gasteiger partial charge on any atom is -0.466 e. The van der Waals surface area contributed by atoms with Crippen LogP contribution in [0.2, 0.25) is 0 Å². The zero-order valence-electron chi connectivity index (χ0n) is 20.4. The SMILES string of the molecule is Cc1noc(COc2cnc(/C(F)=C/c3ccc(F)c([C@@]4(C)N=C(N)[C@@]5(CF)CC[C@@H]4S5(=O)=O)c3)cn2)n1. The summed E-state index contributed by atoms with van der Waals surface area (Å²) in [5.41, 5.74) is 4.37. The Kier molecular flexibility index (Phi) is 6.24. The molecule has 38 heavy (non-hydrogen) atoms. The lowest BCUT2D eigenvalue weighted by molar-refractivity contribution is 0.234. The molecule has 3 atom stereocenters. The fourth-order valence-electron chi connectivity index (χ4n) is 4.95. The van der Waals surface area contributed by atoms with Crippen molar-refractivity contribution in [3.63, 3.8) is 0 Å². The first kappa shape index (κ1) is 25.8. The van der Waals surface area contributed by atoms with Gasteiger partial charge in [-0.05, 0) is 50.5 Å². The van der Waals surface area contributed by atoms with Gasteiger partial charge >= 0.3 is 0 Å². The van der Waals surface area contributed by atoms with Gasteiger partial charge in [-0.15, -0.1) is 0 Å². The molecule has 0 amide bonds. The highest BCUT2D eigenvalue weighted by Gasteiger charge is 2.65. The number of rotatable bonds is 7. The second-order valence-corrected chi connectivity index (χ2v) is 11.8. The van der Waals surface area contributed by atoms with E-state index in [4.69, 9.17) is 15.0 Å². The van der Waals surface area contributed by atoms with Crippen LogP contribution in [0.15, 0.2) is 40.1 Å². The number of hydrogen-bond acceptors (Lipinski definition) is 10. The molecule has 1 aromatic carbocycles. The average molecular weight is 549 g/mol. The van der Waals surface area contributed by atoms with Gasteiger partial charge in [0.2, 0.25) is 5.88 Å². The molecule has 2 aliphatic heterocycles. The molecule has 2 N–H and O–H groups in total. The van der Waals surface area contributed by atoms with Crippen molar-refractivity contribution < 1.29 is 30.8 Å². The fraction of sp³-hybridized carbons (Fsp3) is 0.375. The zero-order valence-corrected chi connectivity index (χ0v) is 21.2. The predicted molar refractivity (Wildman–Crippen MR) is 130 cm³/mol. The fourth-order valence-corrected chi connectivity index (χ4v) is 7.60. The van der Waals surface area contributed by atoms with E-state index in [1.54, 1.807) is 6.92 Å². The molecule has 14 heteroatoms. The maximum atomic E-state index is 15.0. The Bertz CT molecular complexity index is 1560. The highest BCUT2D eigenvalue weighted by Crippen LogP contribution is 2.52. The molecule has 2 aromatic heterocycles. The molecule has 0 radical (unpaired) electrons. The number of alkyl halides is 1. The van der Waals surface area contributed by atoms with Gasteiger partial charge in [0.05, 0.1) is 17.6 Å². The Morgan fingerprint density at radius 2 is 2.11 bits per heavy atom. The summed E-state index contributed by atoms with van der Waals surface area (Å²) in [4.78, 5) is 16.3. The van der Waals surface area contributed by atoms with Gasteiger partial charge in [0.25, 0.3) is 5.89 Å². The van der Waals surface area contributed by atoms with Crippen molar-refractivity contribution in [1.82, 2.24) is 20.1 Å². The molecule has 0 saturated carbocycles. The number of aryl methyl sites for hydroxylation is 1. The number of aliphatic imine (C=N–C) groups is 1. The number of amidine groups is 1. The minimum absolute atomic E-state index is 0.0375. The summed E-state index contributed by atoms with van der Waals surface area (Å²) in [5, 5.41) is 2.46. The second-order valence-electron chi connectivity index (χ2n) is 9.34. The quantitative estimate of drug-likeness (QED) is 0.470. The van der Waals surface area contributed by atoms with E-state index >= 15 is 8.78 Å². The van der Waals surface area contributed by atoms with Gasteiger partial charge in [-0.2, -0.15) is 4.98 Å². The standard InChI is InChI=1S/C24H23F3N6O4S/c1-13-31-21(37-33-13)11-36-20-10-29-18(9-30-20)17(27)8-14-3-4-16(26)15(7-14)23(2)19-5-6-24(12-25,22(28)32-23)38(19,34)35/h3-4,7-10,19H,5-6,11-12H2,1-2H3,(H2,28,32)/b17-8-/t19-,23+,24-/m0/s1. The van der Waals surface area contributed by atoms with Crippen molar-refractivity contribution >= 4 is 27.6 Å². The van der Waals surface area contributed by atoms with E-state index in [0.717, 1.165) is 18.3 Å². The Labute approximate surface area is 215 Å². The van der Waals surface area contributed by atoms with Crippen molar-refractivity contribution in [1.29, 1.82) is 0 Å². The number of hydrogen-bond donors (Lipinski definition) is 1. The number of sulfone groups is 1. The summed E-state index contributed by atoms with van der Waals surface area (Å²) in [7, 11) is -4.10. The summed E-state index contributed by atoms with van der Waals surface area (Å²) < 4.78 is 78.8. The molecule has 4 heterocycles. The summed E-state index contributed by atoms with van der Waals surface area (Å²) in [6.07, 6.45) is 3.49. The van der Waals surface area contributed by atoms with E-state index in [9.17, 15) is 12.8 Å². The van der Waals surface area contributed by atoms with Gasteiger partial charge in [0, 0.05) is 5.56 Å². The van der Waals surface area contributed by atoms with E-state index in [2.05, 4.69) is 25.1 Å². The number of halogens is 3. The molecule has 0 aliphatic carbocycles. The second kappa shape index (κ2) is 9.19. The molecule has 200 valence electrons. The summed E-state index contributed by atoms with van der Waals surface area (Å²) in [5.74, 6) is -1.11. The topological polar surface area (TPSA) is 146 Å². The minimum atomic E-state index is -4.10. The lowest BCUT2D eigenvalue weighted by Crippen LogP contribution is -2.58. The number of nitrogens with zero attached hydrogens (tertiary/aromatic N) is 5. The third-order valence-electron chi connectivity index (χ3n) is 7.01. The predicted octanol–water partition coefficient (Wildman–Crippen LogP) is 3.23. The first-order valence-electron chi connectivity index (χ1n) is 11.6. The van der Waals surface area contributed by atoms with Crippen LogP contribution in [-0.2, 0) is 22.0 Å². The van der Waals surface area contributed by atoms with Crippen LogP contribution in [0, 0.1) is 12.7 Å². The van der Waals surface area contributed by atoms with Crippen molar-refractivity contribution in [3.8, 4) is 5.88 Å². The third kappa shape index (κ3) is 4.03. The van der Waals surface area contributed by atoms with E-state index in [0.29, 0.717) is 5.82 Å². The van der Waals surface area contributed by atoms with Crippen molar-refractivity contribution in [2.24, 2.45) is 10.7 Å². The van der Waals surface area contributed by atoms with Crippen LogP contribution in [0.1, 0.15) is 48.3 Å². The number of fused-ring (bicyclic) bond motifs is 2. The largest absolute Gasteiger partial charge is 0.466 e. The van der Waals surface area contributed by atoms with Crippen LogP contribution in [0.3, 0.4) is 0 Å². The van der Waals surface area contributed by atoms with Crippen molar-refractivity contribution in [2.75, 3.05) is 6.67 Å². The first-order valence-corrected chi connectivity index (χ1v) is 13.1. The van der Waals surface area contributed by atoms with Gasteiger partial charge in [0.1, 0.15) is 29.6 Å². The first-order chi connectivity index (χ1) is 18.0. The summed E-state index contributed by atoms with van der Waals surface area (Å²) >= 11 is 0.